The molecule has 102 heavy (non-hydrogen) atoms. The first-order chi connectivity index (χ1) is 49.2. The van der Waals surface area contributed by atoms with E-state index in [9.17, 15) is 43.2 Å². The summed E-state index contributed by atoms with van der Waals surface area (Å²) in [4.78, 5) is 72.9. The molecule has 0 saturated heterocycles. The van der Waals surface area contributed by atoms with Crippen molar-refractivity contribution in [3.63, 3.8) is 0 Å². The molecular formula is C83H162O17P2. The zero-order chi connectivity index (χ0) is 75.3. The van der Waals surface area contributed by atoms with Crippen LogP contribution in [-0.2, 0) is 65.4 Å². The molecule has 4 unspecified atom stereocenters. The molecule has 0 aliphatic rings. The lowest BCUT2D eigenvalue weighted by atomic mass is 9.99. The van der Waals surface area contributed by atoms with Crippen LogP contribution in [0.15, 0.2) is 0 Å². The summed E-state index contributed by atoms with van der Waals surface area (Å²) in [5.74, 6) is 0.974. The number of esters is 4. The molecule has 0 heterocycles. The summed E-state index contributed by atoms with van der Waals surface area (Å²) in [5.41, 5.74) is 0. The highest BCUT2D eigenvalue weighted by Gasteiger charge is 2.30. The fourth-order valence-corrected chi connectivity index (χ4v) is 14.3. The van der Waals surface area contributed by atoms with Gasteiger partial charge < -0.3 is 33.8 Å². The van der Waals surface area contributed by atoms with Crippen LogP contribution in [0.1, 0.15) is 428 Å². The van der Waals surface area contributed by atoms with Crippen LogP contribution in [-0.4, -0.2) is 96.7 Å². The van der Waals surface area contributed by atoms with Crippen molar-refractivity contribution < 1.29 is 80.2 Å². The van der Waals surface area contributed by atoms with Gasteiger partial charge in [0.1, 0.15) is 19.3 Å². The Morgan fingerprint density at radius 2 is 0.471 bits per heavy atom. The molecule has 0 fully saturated rings. The van der Waals surface area contributed by atoms with Crippen LogP contribution in [0.25, 0.3) is 0 Å². The molecular weight excluding hydrogens is 1330 g/mol. The molecule has 17 nitrogen and oxygen atoms in total. The summed E-state index contributed by atoms with van der Waals surface area (Å²) in [5, 5.41) is 10.6. The summed E-state index contributed by atoms with van der Waals surface area (Å²) >= 11 is 0. The van der Waals surface area contributed by atoms with Crippen molar-refractivity contribution in [3.05, 3.63) is 0 Å². The Morgan fingerprint density at radius 3 is 0.696 bits per heavy atom. The van der Waals surface area contributed by atoms with Crippen LogP contribution in [0.3, 0.4) is 0 Å². The molecule has 7 atom stereocenters. The van der Waals surface area contributed by atoms with Crippen molar-refractivity contribution in [2.24, 2.45) is 23.7 Å². The third-order valence-electron chi connectivity index (χ3n) is 20.0. The molecule has 0 aromatic carbocycles. The maximum absolute atomic E-state index is 13.1. The number of ether oxygens (including phenoxy) is 4. The topological polar surface area (TPSA) is 237 Å². The lowest BCUT2D eigenvalue weighted by molar-refractivity contribution is -0.161. The second kappa shape index (κ2) is 72.0. The van der Waals surface area contributed by atoms with Gasteiger partial charge in [-0.1, -0.05) is 376 Å². The molecule has 0 radical (unpaired) electrons. The predicted molar refractivity (Wildman–Crippen MR) is 418 cm³/mol. The van der Waals surface area contributed by atoms with Gasteiger partial charge in [0, 0.05) is 25.7 Å². The molecule has 606 valence electrons. The van der Waals surface area contributed by atoms with Crippen molar-refractivity contribution >= 4 is 39.5 Å². The van der Waals surface area contributed by atoms with Crippen LogP contribution < -0.4 is 0 Å². The number of aliphatic hydroxyl groups is 1. The van der Waals surface area contributed by atoms with Gasteiger partial charge >= 0.3 is 39.5 Å². The Hall–Kier alpha value is -1.94. The number of carbonyl (C=O) groups excluding carboxylic acids is 4. The summed E-state index contributed by atoms with van der Waals surface area (Å²) in [6, 6.07) is 0. The van der Waals surface area contributed by atoms with Crippen molar-refractivity contribution in [1.82, 2.24) is 0 Å². The van der Waals surface area contributed by atoms with Gasteiger partial charge in [0.15, 0.2) is 12.2 Å². The van der Waals surface area contributed by atoms with Crippen LogP contribution in [0.2, 0.25) is 0 Å². The van der Waals surface area contributed by atoms with E-state index in [0.29, 0.717) is 31.6 Å². The molecule has 0 rings (SSSR count). The normalized spacial score (nSPS) is 14.5. The second-order valence-corrected chi connectivity index (χ2v) is 34.2. The highest BCUT2D eigenvalue weighted by molar-refractivity contribution is 7.47. The van der Waals surface area contributed by atoms with Gasteiger partial charge in [0.25, 0.3) is 0 Å². The first kappa shape index (κ1) is 100. The summed E-state index contributed by atoms with van der Waals surface area (Å²) in [6.07, 6.45) is 60.1. The molecule has 0 aliphatic carbocycles. The van der Waals surface area contributed by atoms with E-state index in [2.05, 4.69) is 55.4 Å². The van der Waals surface area contributed by atoms with Gasteiger partial charge in [-0.3, -0.25) is 37.3 Å². The van der Waals surface area contributed by atoms with Gasteiger partial charge in [-0.25, -0.2) is 9.13 Å². The number of hydrogen-bond acceptors (Lipinski definition) is 15. The monoisotopic (exact) mass is 1490 g/mol. The van der Waals surface area contributed by atoms with E-state index in [1.807, 2.05) is 0 Å². The SMILES string of the molecule is CCC(C)CCCCCCCCCCCCCCCCCCCCC(=O)O[C@H](COC(=O)CCCCCCCCC(C)C)COP(=O)(O)OC[C@H](O)COP(=O)(O)OC[C@@H](COC(=O)CCCCCCCCCCCCCCCCCCCCC(C)C)OC(=O)CCCCCCCCC(C)CC. The minimum atomic E-state index is -4.96. The fourth-order valence-electron chi connectivity index (χ4n) is 12.7. The standard InChI is InChI=1S/C83H162O17P2/c1-9-75(7)61-53-45-36-32-28-24-20-16-12-14-18-22-26-30-34-38-49-57-65-82(87)99-78(70-94-81(86)64-56-48-41-39-44-52-60-74(5)6)71-97-101(89,90)95-67-77(84)68-96-102(91,92)98-72-79(100-83(88)66-58-50-42-40-46-54-62-76(8)10-2)69-93-80(85)63-55-47-37-33-29-25-21-17-13-11-15-19-23-27-31-35-43-51-59-73(3)4/h73-79,84H,9-72H2,1-8H3,(H,89,90)(H,91,92)/t75?,76?,77-,78+,79+/m0/s1. The second-order valence-electron chi connectivity index (χ2n) is 31.3. The Morgan fingerprint density at radius 1 is 0.275 bits per heavy atom. The maximum Gasteiger partial charge on any atom is 0.472 e. The minimum Gasteiger partial charge on any atom is -0.462 e. The van der Waals surface area contributed by atoms with Crippen molar-refractivity contribution in [2.75, 3.05) is 39.6 Å². The quantitative estimate of drug-likeness (QED) is 0.0222. The predicted octanol–water partition coefficient (Wildman–Crippen LogP) is 24.8. The van der Waals surface area contributed by atoms with Gasteiger partial charge in [-0.2, -0.15) is 0 Å². The highest BCUT2D eigenvalue weighted by Crippen LogP contribution is 2.45. The number of rotatable bonds is 80. The number of phosphoric acid groups is 2. The number of carbonyl (C=O) groups is 4. The summed E-state index contributed by atoms with van der Waals surface area (Å²) < 4.78 is 68.6. The minimum absolute atomic E-state index is 0.103. The Bertz CT molecular complexity index is 1990. The van der Waals surface area contributed by atoms with Crippen LogP contribution >= 0.6 is 15.6 Å². The van der Waals surface area contributed by atoms with Crippen molar-refractivity contribution in [3.8, 4) is 0 Å². The van der Waals surface area contributed by atoms with Crippen LogP contribution in [0.5, 0.6) is 0 Å². The largest absolute Gasteiger partial charge is 0.472 e. The Labute approximate surface area is 626 Å². The average Bonchev–Trinajstić information content (AvgIpc) is 0.916. The molecule has 0 aromatic rings. The Kier molecular flexibility index (Phi) is 70.6. The van der Waals surface area contributed by atoms with E-state index < -0.39 is 97.5 Å². The van der Waals surface area contributed by atoms with Crippen molar-refractivity contribution in [1.29, 1.82) is 0 Å². The number of hydrogen-bond donors (Lipinski definition) is 3. The first-order valence-electron chi connectivity index (χ1n) is 42.8. The molecule has 0 aromatic heterocycles. The first-order valence-corrected chi connectivity index (χ1v) is 45.8. The van der Waals surface area contributed by atoms with E-state index in [0.717, 1.165) is 114 Å². The molecule has 0 spiro atoms. The fraction of sp³-hybridized carbons (Fsp3) is 0.952. The lowest BCUT2D eigenvalue weighted by Gasteiger charge is -2.21. The lowest BCUT2D eigenvalue weighted by Crippen LogP contribution is -2.30. The van der Waals surface area contributed by atoms with Crippen LogP contribution in [0, 0.1) is 23.7 Å². The van der Waals surface area contributed by atoms with E-state index in [1.165, 1.54) is 225 Å². The molecule has 19 heteroatoms. The molecule has 0 aliphatic heterocycles. The van der Waals surface area contributed by atoms with E-state index in [-0.39, 0.29) is 25.7 Å². The Balaban J connectivity index is 5.09. The molecule has 3 N–H and O–H groups in total. The summed E-state index contributed by atoms with van der Waals surface area (Å²) in [7, 11) is -9.92. The van der Waals surface area contributed by atoms with Gasteiger partial charge in [0.2, 0.25) is 0 Å². The molecule has 0 saturated carbocycles. The maximum atomic E-state index is 13.1. The third kappa shape index (κ3) is 73.6. The number of aliphatic hydroxyl groups excluding tert-OH is 1. The van der Waals surface area contributed by atoms with Crippen LogP contribution in [0.4, 0.5) is 0 Å². The molecule has 0 bridgehead atoms. The number of phosphoric ester groups is 2. The molecule has 0 amide bonds. The zero-order valence-corrected chi connectivity index (χ0v) is 69.0. The van der Waals surface area contributed by atoms with Gasteiger partial charge in [-0.05, 0) is 49.4 Å². The van der Waals surface area contributed by atoms with Gasteiger partial charge in [0.05, 0.1) is 26.4 Å². The smallest absolute Gasteiger partial charge is 0.462 e. The highest BCUT2D eigenvalue weighted by atomic mass is 31.2. The zero-order valence-electron chi connectivity index (χ0n) is 67.2. The van der Waals surface area contributed by atoms with E-state index in [4.69, 9.17) is 37.0 Å². The van der Waals surface area contributed by atoms with Gasteiger partial charge in [-0.15, -0.1) is 0 Å². The average molecular weight is 1490 g/mol. The number of unbranched alkanes of at least 4 members (excludes halogenated alkanes) is 44. The third-order valence-corrected chi connectivity index (χ3v) is 21.9. The summed E-state index contributed by atoms with van der Waals surface area (Å²) in [6.45, 7) is 14.2. The van der Waals surface area contributed by atoms with Crippen molar-refractivity contribution in [2.45, 2.75) is 446 Å². The van der Waals surface area contributed by atoms with E-state index >= 15 is 0 Å². The van der Waals surface area contributed by atoms with E-state index in [1.54, 1.807) is 0 Å².